The van der Waals surface area contributed by atoms with Gasteiger partial charge >= 0.3 is 11.9 Å². The summed E-state index contributed by atoms with van der Waals surface area (Å²) in [4.78, 5) is 34.7. The minimum Gasteiger partial charge on any atom is -0.465 e. The number of benzene rings is 1. The summed E-state index contributed by atoms with van der Waals surface area (Å²) in [7, 11) is 2.37. The van der Waals surface area contributed by atoms with Crippen molar-refractivity contribution in [3.8, 4) is 0 Å². The molecule has 0 bridgehead atoms. The number of hydrogen-bond acceptors (Lipinski definition) is 6. The maximum Gasteiger partial charge on any atom is 0.337 e. The first-order valence-electron chi connectivity index (χ1n) is 5.44. The Hall–Kier alpha value is -2.21. The largest absolute Gasteiger partial charge is 0.465 e. The molecular formula is C13H14O6. The van der Waals surface area contributed by atoms with E-state index in [4.69, 9.17) is 0 Å². The average Bonchev–Trinajstić information content (AvgIpc) is 2.43. The Morgan fingerprint density at radius 3 is 1.63 bits per heavy atom. The van der Waals surface area contributed by atoms with E-state index in [2.05, 4.69) is 9.47 Å². The van der Waals surface area contributed by atoms with Crippen molar-refractivity contribution in [2.75, 3.05) is 14.2 Å². The molecule has 1 aromatic rings. The third-order valence-electron chi connectivity index (χ3n) is 2.44. The molecule has 0 aliphatic carbocycles. The molecule has 6 nitrogen and oxygen atoms in total. The zero-order chi connectivity index (χ0) is 14.6. The third-order valence-corrected chi connectivity index (χ3v) is 2.44. The van der Waals surface area contributed by atoms with E-state index in [1.807, 2.05) is 0 Å². The lowest BCUT2D eigenvalue weighted by molar-refractivity contribution is 0.0599. The summed E-state index contributed by atoms with van der Waals surface area (Å²) >= 11 is 0. The highest BCUT2D eigenvalue weighted by atomic mass is 16.5. The number of rotatable bonds is 4. The van der Waals surface area contributed by atoms with Crippen LogP contribution in [0.25, 0.3) is 0 Å². The van der Waals surface area contributed by atoms with E-state index >= 15 is 0 Å². The minimum absolute atomic E-state index is 0.0365. The first kappa shape index (κ1) is 14.8. The number of Topliss-reactive ketones (excluding diaryl/α,β-unsaturated/α-hetero) is 1. The van der Waals surface area contributed by atoms with Crippen LogP contribution in [0.3, 0.4) is 0 Å². The van der Waals surface area contributed by atoms with Crippen molar-refractivity contribution in [2.24, 2.45) is 0 Å². The number of aliphatic hydroxyl groups excluding tert-OH is 1. The molecule has 19 heavy (non-hydrogen) atoms. The van der Waals surface area contributed by atoms with Crippen molar-refractivity contribution < 1.29 is 29.0 Å². The first-order chi connectivity index (χ1) is 8.90. The summed E-state index contributed by atoms with van der Waals surface area (Å²) in [6.45, 7) is 1.30. The smallest absolute Gasteiger partial charge is 0.337 e. The molecule has 0 radical (unpaired) electrons. The Balaban J connectivity index is 3.36. The predicted molar refractivity (Wildman–Crippen MR) is 65.1 cm³/mol. The number of ether oxygens (including phenoxy) is 2. The van der Waals surface area contributed by atoms with E-state index in [1.165, 1.54) is 39.3 Å². The molecule has 0 amide bonds. The summed E-state index contributed by atoms with van der Waals surface area (Å²) < 4.78 is 9.07. The van der Waals surface area contributed by atoms with Gasteiger partial charge in [0.15, 0.2) is 5.78 Å². The standard InChI is InChI=1S/C13H14O6/c1-7(14)11(15)8-4-9(12(16)18-2)6-10(5-8)13(17)19-3/h4-7,14H,1-3H3. The summed E-state index contributed by atoms with van der Waals surface area (Å²) in [5, 5.41) is 9.27. The molecule has 1 unspecified atom stereocenters. The molecule has 0 fully saturated rings. The summed E-state index contributed by atoms with van der Waals surface area (Å²) in [5.74, 6) is -1.98. The van der Waals surface area contributed by atoms with Crippen LogP contribution >= 0.6 is 0 Å². The molecule has 1 N–H and O–H groups in total. The van der Waals surface area contributed by atoms with E-state index in [1.54, 1.807) is 0 Å². The van der Waals surface area contributed by atoms with Crippen molar-refractivity contribution in [2.45, 2.75) is 13.0 Å². The molecule has 0 saturated heterocycles. The second-order valence-corrected chi connectivity index (χ2v) is 3.82. The highest BCUT2D eigenvalue weighted by molar-refractivity contribution is 6.04. The number of hydrogen-bond donors (Lipinski definition) is 1. The van der Waals surface area contributed by atoms with Crippen LogP contribution < -0.4 is 0 Å². The fourth-order valence-electron chi connectivity index (χ4n) is 1.48. The van der Waals surface area contributed by atoms with Gasteiger partial charge in [0.05, 0.1) is 25.3 Å². The molecule has 102 valence electrons. The van der Waals surface area contributed by atoms with Crippen molar-refractivity contribution in [1.29, 1.82) is 0 Å². The Morgan fingerprint density at radius 1 is 0.947 bits per heavy atom. The lowest BCUT2D eigenvalue weighted by atomic mass is 10.0. The van der Waals surface area contributed by atoms with Gasteiger partial charge in [-0.2, -0.15) is 0 Å². The van der Waals surface area contributed by atoms with Gasteiger partial charge < -0.3 is 14.6 Å². The number of esters is 2. The van der Waals surface area contributed by atoms with Gasteiger partial charge in [0.25, 0.3) is 0 Å². The summed E-state index contributed by atoms with van der Waals surface area (Å²) in [6, 6.07) is 3.77. The molecular weight excluding hydrogens is 252 g/mol. The van der Waals surface area contributed by atoms with Crippen LogP contribution in [-0.2, 0) is 9.47 Å². The lowest BCUT2D eigenvalue weighted by Crippen LogP contribution is -2.18. The molecule has 0 aliphatic heterocycles. The van der Waals surface area contributed by atoms with E-state index in [-0.39, 0.29) is 16.7 Å². The van der Waals surface area contributed by atoms with Gasteiger partial charge in [0, 0.05) is 5.56 Å². The number of methoxy groups -OCH3 is 2. The Kier molecular flexibility index (Phi) is 4.77. The van der Waals surface area contributed by atoms with E-state index in [9.17, 15) is 19.5 Å². The van der Waals surface area contributed by atoms with Crippen LogP contribution in [0.5, 0.6) is 0 Å². The molecule has 0 spiro atoms. The zero-order valence-corrected chi connectivity index (χ0v) is 10.8. The number of carbonyl (C=O) groups excluding carboxylic acids is 3. The SMILES string of the molecule is COC(=O)c1cc(C(=O)OC)cc(C(=O)C(C)O)c1. The van der Waals surface area contributed by atoms with E-state index in [0.717, 1.165) is 0 Å². The van der Waals surface area contributed by atoms with Crippen molar-refractivity contribution in [1.82, 2.24) is 0 Å². The normalized spacial score (nSPS) is 11.6. The minimum atomic E-state index is -1.24. The quantitative estimate of drug-likeness (QED) is 0.641. The molecule has 1 atom stereocenters. The molecule has 6 heteroatoms. The van der Waals surface area contributed by atoms with E-state index in [0.29, 0.717) is 0 Å². The highest BCUT2D eigenvalue weighted by Crippen LogP contribution is 2.14. The molecule has 0 heterocycles. The molecule has 0 aromatic heterocycles. The number of carbonyl (C=O) groups is 3. The van der Waals surface area contributed by atoms with Crippen molar-refractivity contribution in [3.63, 3.8) is 0 Å². The van der Waals surface area contributed by atoms with Gasteiger partial charge in [0.1, 0.15) is 6.10 Å². The third kappa shape index (κ3) is 3.38. The van der Waals surface area contributed by atoms with Gasteiger partial charge in [-0.3, -0.25) is 4.79 Å². The van der Waals surface area contributed by atoms with E-state index < -0.39 is 23.8 Å². The first-order valence-corrected chi connectivity index (χ1v) is 5.44. The topological polar surface area (TPSA) is 89.9 Å². The van der Waals surface area contributed by atoms with Crippen LogP contribution in [0.4, 0.5) is 0 Å². The monoisotopic (exact) mass is 266 g/mol. The fraction of sp³-hybridized carbons (Fsp3) is 0.308. The molecule has 1 rings (SSSR count). The highest BCUT2D eigenvalue weighted by Gasteiger charge is 2.19. The average molecular weight is 266 g/mol. The lowest BCUT2D eigenvalue weighted by Gasteiger charge is -2.08. The van der Waals surface area contributed by atoms with Crippen LogP contribution in [0, 0.1) is 0 Å². The molecule has 1 aromatic carbocycles. The number of ketones is 1. The van der Waals surface area contributed by atoms with Gasteiger partial charge in [-0.1, -0.05) is 0 Å². The van der Waals surface area contributed by atoms with Crippen LogP contribution in [0.15, 0.2) is 18.2 Å². The van der Waals surface area contributed by atoms with Crippen molar-refractivity contribution in [3.05, 3.63) is 34.9 Å². The van der Waals surface area contributed by atoms with Crippen LogP contribution in [0.1, 0.15) is 38.0 Å². The maximum absolute atomic E-state index is 11.7. The van der Waals surface area contributed by atoms with Gasteiger partial charge in [-0.25, -0.2) is 9.59 Å². The number of aliphatic hydroxyl groups is 1. The van der Waals surface area contributed by atoms with Crippen molar-refractivity contribution >= 4 is 17.7 Å². The van der Waals surface area contributed by atoms with Gasteiger partial charge in [0.2, 0.25) is 0 Å². The Morgan fingerprint density at radius 2 is 1.32 bits per heavy atom. The Bertz CT molecular complexity index is 484. The second-order valence-electron chi connectivity index (χ2n) is 3.82. The summed E-state index contributed by atoms with van der Waals surface area (Å²) in [5.41, 5.74) is 0.113. The molecule has 0 aliphatic rings. The zero-order valence-electron chi connectivity index (χ0n) is 10.8. The summed E-state index contributed by atoms with van der Waals surface area (Å²) in [6.07, 6.45) is -1.24. The van der Waals surface area contributed by atoms with Gasteiger partial charge in [-0.15, -0.1) is 0 Å². The van der Waals surface area contributed by atoms with Crippen LogP contribution in [-0.4, -0.2) is 43.2 Å². The fourth-order valence-corrected chi connectivity index (χ4v) is 1.48. The maximum atomic E-state index is 11.7. The van der Waals surface area contributed by atoms with Gasteiger partial charge in [-0.05, 0) is 25.1 Å². The molecule has 0 saturated carbocycles. The van der Waals surface area contributed by atoms with Crippen LogP contribution in [0.2, 0.25) is 0 Å². The Labute approximate surface area is 109 Å². The predicted octanol–water partition coefficient (Wildman–Crippen LogP) is 0.823. The second kappa shape index (κ2) is 6.10.